The highest BCUT2D eigenvalue weighted by atomic mass is 16.7. The Hall–Kier alpha value is -0.900. The molecule has 1 aromatic rings. The molecule has 94 valence electrons. The molecule has 0 bridgehead atoms. The van der Waals surface area contributed by atoms with Gasteiger partial charge in [-0.3, -0.25) is 4.90 Å². The van der Waals surface area contributed by atoms with Crippen molar-refractivity contribution in [2.75, 3.05) is 20.7 Å². The molecule has 0 saturated carbocycles. The molecule has 0 N–H and O–H groups in total. The summed E-state index contributed by atoms with van der Waals surface area (Å²) < 4.78 is 11.6. The molecule has 3 atom stereocenters. The minimum Gasteiger partial charge on any atom is -0.352 e. The van der Waals surface area contributed by atoms with E-state index in [1.54, 1.807) is 7.11 Å². The van der Waals surface area contributed by atoms with Crippen molar-refractivity contribution in [1.82, 2.24) is 4.90 Å². The fraction of sp³-hybridized carbons (Fsp3) is 0.571. The summed E-state index contributed by atoms with van der Waals surface area (Å²) in [6.45, 7) is 4.96. The lowest BCUT2D eigenvalue weighted by Crippen LogP contribution is -2.54. The smallest absolute Gasteiger partial charge is 0.178 e. The summed E-state index contributed by atoms with van der Waals surface area (Å²) in [5.41, 5.74) is 1.20. The molecule has 3 nitrogen and oxygen atoms in total. The van der Waals surface area contributed by atoms with Crippen LogP contribution in [0.2, 0.25) is 0 Å². The van der Waals surface area contributed by atoms with Gasteiger partial charge in [0.1, 0.15) is 6.10 Å². The zero-order chi connectivity index (χ0) is 12.5. The molecule has 1 fully saturated rings. The van der Waals surface area contributed by atoms with Crippen LogP contribution in [0.15, 0.2) is 30.3 Å². The second kappa shape index (κ2) is 4.77. The van der Waals surface area contributed by atoms with E-state index >= 15 is 0 Å². The van der Waals surface area contributed by atoms with E-state index in [-0.39, 0.29) is 6.10 Å². The summed E-state index contributed by atoms with van der Waals surface area (Å²) in [6, 6.07) is 10.7. The van der Waals surface area contributed by atoms with Crippen LogP contribution in [0.1, 0.15) is 25.5 Å². The standard InChI is InChI=1S/C14H21NO2/c1-11-13(12-8-6-5-7-9-12)17-14(2,16-4)10-15(11)3/h5-9,11,13H,10H2,1-4H3/t11-,13-,14-/m0/s1. The highest BCUT2D eigenvalue weighted by Crippen LogP contribution is 2.34. The van der Waals surface area contributed by atoms with Gasteiger partial charge in [0, 0.05) is 13.2 Å². The van der Waals surface area contributed by atoms with Crippen LogP contribution in [0, 0.1) is 0 Å². The molecule has 1 heterocycles. The normalized spacial score (nSPS) is 34.8. The van der Waals surface area contributed by atoms with Gasteiger partial charge in [0.15, 0.2) is 5.79 Å². The Morgan fingerprint density at radius 1 is 1.35 bits per heavy atom. The van der Waals surface area contributed by atoms with Crippen molar-refractivity contribution in [3.63, 3.8) is 0 Å². The molecule has 1 aliphatic heterocycles. The average molecular weight is 235 g/mol. The number of hydrogen-bond acceptors (Lipinski definition) is 3. The van der Waals surface area contributed by atoms with Crippen molar-refractivity contribution in [2.45, 2.75) is 31.8 Å². The van der Waals surface area contributed by atoms with Gasteiger partial charge in [-0.1, -0.05) is 30.3 Å². The predicted octanol–water partition coefficient (Wildman–Crippen LogP) is 2.44. The number of benzene rings is 1. The van der Waals surface area contributed by atoms with Gasteiger partial charge in [-0.05, 0) is 26.5 Å². The Morgan fingerprint density at radius 2 is 2.00 bits per heavy atom. The van der Waals surface area contributed by atoms with Crippen LogP contribution >= 0.6 is 0 Å². The Morgan fingerprint density at radius 3 is 2.59 bits per heavy atom. The fourth-order valence-corrected chi connectivity index (χ4v) is 2.33. The Bertz CT molecular complexity index is 368. The van der Waals surface area contributed by atoms with Crippen LogP contribution in [0.5, 0.6) is 0 Å². The molecular formula is C14H21NO2. The number of ether oxygens (including phenoxy) is 2. The molecule has 0 radical (unpaired) electrons. The van der Waals surface area contributed by atoms with Crippen molar-refractivity contribution in [1.29, 1.82) is 0 Å². The van der Waals surface area contributed by atoms with Gasteiger partial charge in [-0.15, -0.1) is 0 Å². The number of methoxy groups -OCH3 is 1. The van der Waals surface area contributed by atoms with Crippen LogP contribution in [0.4, 0.5) is 0 Å². The van der Waals surface area contributed by atoms with Crippen molar-refractivity contribution < 1.29 is 9.47 Å². The van der Waals surface area contributed by atoms with Crippen LogP contribution in [-0.2, 0) is 9.47 Å². The van der Waals surface area contributed by atoms with E-state index in [4.69, 9.17) is 9.47 Å². The molecule has 17 heavy (non-hydrogen) atoms. The van der Waals surface area contributed by atoms with Gasteiger partial charge in [0.05, 0.1) is 6.54 Å². The van der Waals surface area contributed by atoms with Crippen LogP contribution in [0.3, 0.4) is 0 Å². The van der Waals surface area contributed by atoms with Crippen molar-refractivity contribution in [2.24, 2.45) is 0 Å². The van der Waals surface area contributed by atoms with E-state index < -0.39 is 5.79 Å². The molecule has 3 heteroatoms. The van der Waals surface area contributed by atoms with E-state index in [0.717, 1.165) is 6.54 Å². The van der Waals surface area contributed by atoms with Crippen molar-refractivity contribution >= 4 is 0 Å². The molecule has 1 aliphatic rings. The zero-order valence-corrected chi connectivity index (χ0v) is 11.0. The third kappa shape index (κ3) is 2.51. The van der Waals surface area contributed by atoms with E-state index in [1.165, 1.54) is 5.56 Å². The maximum Gasteiger partial charge on any atom is 0.178 e. The number of hydrogen-bond donors (Lipinski definition) is 0. The third-order valence-electron chi connectivity index (χ3n) is 3.61. The monoisotopic (exact) mass is 235 g/mol. The number of rotatable bonds is 2. The second-order valence-corrected chi connectivity index (χ2v) is 4.94. The minimum atomic E-state index is -0.526. The van der Waals surface area contributed by atoms with E-state index in [0.29, 0.717) is 6.04 Å². The van der Waals surface area contributed by atoms with Gasteiger partial charge < -0.3 is 9.47 Å². The summed E-state index contributed by atoms with van der Waals surface area (Å²) in [5, 5.41) is 0. The summed E-state index contributed by atoms with van der Waals surface area (Å²) >= 11 is 0. The van der Waals surface area contributed by atoms with Crippen LogP contribution in [-0.4, -0.2) is 37.4 Å². The lowest BCUT2D eigenvalue weighted by atomic mass is 9.99. The lowest BCUT2D eigenvalue weighted by Gasteiger charge is -2.46. The maximum atomic E-state index is 6.13. The lowest BCUT2D eigenvalue weighted by molar-refractivity contribution is -0.282. The number of likely N-dealkylation sites (N-methyl/N-ethyl adjacent to an activating group) is 1. The van der Waals surface area contributed by atoms with E-state index in [9.17, 15) is 0 Å². The summed E-state index contributed by atoms with van der Waals surface area (Å²) in [4.78, 5) is 2.28. The minimum absolute atomic E-state index is 0.0555. The number of morpholine rings is 1. The Labute approximate surface area is 103 Å². The molecule has 0 amide bonds. The molecule has 0 unspecified atom stereocenters. The largest absolute Gasteiger partial charge is 0.352 e. The molecular weight excluding hydrogens is 214 g/mol. The SMILES string of the molecule is CO[C@]1(C)CN(C)[C@@H](C)[C@@H](c2ccccc2)O1. The summed E-state index contributed by atoms with van der Waals surface area (Å²) in [6.07, 6.45) is 0.0555. The van der Waals surface area contributed by atoms with Gasteiger partial charge in [-0.25, -0.2) is 0 Å². The maximum absolute atomic E-state index is 6.13. The topological polar surface area (TPSA) is 21.7 Å². The van der Waals surface area contributed by atoms with E-state index in [1.807, 2.05) is 25.1 Å². The van der Waals surface area contributed by atoms with E-state index in [2.05, 4.69) is 31.0 Å². The van der Waals surface area contributed by atoms with Crippen LogP contribution in [0.25, 0.3) is 0 Å². The first-order chi connectivity index (χ1) is 8.06. The Kier molecular flexibility index (Phi) is 3.52. The summed E-state index contributed by atoms with van der Waals surface area (Å²) in [7, 11) is 3.81. The first-order valence-electron chi connectivity index (χ1n) is 6.04. The average Bonchev–Trinajstić information content (AvgIpc) is 2.35. The highest BCUT2D eigenvalue weighted by Gasteiger charge is 2.40. The van der Waals surface area contributed by atoms with Gasteiger partial charge in [-0.2, -0.15) is 0 Å². The summed E-state index contributed by atoms with van der Waals surface area (Å²) in [5.74, 6) is -0.526. The quantitative estimate of drug-likeness (QED) is 0.786. The number of nitrogens with zero attached hydrogens (tertiary/aromatic N) is 1. The molecule has 0 aliphatic carbocycles. The van der Waals surface area contributed by atoms with Crippen LogP contribution < -0.4 is 0 Å². The molecule has 0 aromatic heterocycles. The fourth-order valence-electron chi connectivity index (χ4n) is 2.33. The molecule has 1 saturated heterocycles. The van der Waals surface area contributed by atoms with Crippen molar-refractivity contribution in [3.8, 4) is 0 Å². The van der Waals surface area contributed by atoms with Gasteiger partial charge in [0.2, 0.25) is 0 Å². The zero-order valence-electron chi connectivity index (χ0n) is 11.0. The molecule has 0 spiro atoms. The first-order valence-corrected chi connectivity index (χ1v) is 6.04. The third-order valence-corrected chi connectivity index (χ3v) is 3.61. The highest BCUT2D eigenvalue weighted by molar-refractivity contribution is 5.19. The van der Waals surface area contributed by atoms with Crippen molar-refractivity contribution in [3.05, 3.63) is 35.9 Å². The first kappa shape index (κ1) is 12.6. The van der Waals surface area contributed by atoms with Gasteiger partial charge in [0.25, 0.3) is 0 Å². The van der Waals surface area contributed by atoms with Gasteiger partial charge >= 0.3 is 0 Å². The Balaban J connectivity index is 2.26. The predicted molar refractivity (Wildman–Crippen MR) is 67.8 cm³/mol. The second-order valence-electron chi connectivity index (χ2n) is 4.94. The molecule has 2 rings (SSSR count). The molecule has 1 aromatic carbocycles.